The van der Waals surface area contributed by atoms with Gasteiger partial charge in [-0.1, -0.05) is 23.2 Å². The molecule has 0 radical (unpaired) electrons. The number of hydrogen-bond donors (Lipinski definition) is 3. The number of carbonyl (C=O) groups is 1. The molecule has 1 aliphatic rings. The fourth-order valence-corrected chi connectivity index (χ4v) is 5.33. The van der Waals surface area contributed by atoms with Gasteiger partial charge in [0.2, 0.25) is 5.91 Å². The summed E-state index contributed by atoms with van der Waals surface area (Å²) < 4.78 is 11.8. The first-order chi connectivity index (χ1) is 18.7. The first kappa shape index (κ1) is 26.5. The Morgan fingerprint density at radius 3 is 2.59 bits per heavy atom. The van der Waals surface area contributed by atoms with Crippen LogP contribution in [-0.2, 0) is 4.79 Å². The Balaban J connectivity index is 1.48. The van der Waals surface area contributed by atoms with Gasteiger partial charge in [-0.2, -0.15) is 10.4 Å². The number of nitrogens with two attached hydrogens (primary N) is 1. The number of ether oxygens (including phenoxy) is 2. The van der Waals surface area contributed by atoms with Gasteiger partial charge in [0, 0.05) is 61.3 Å². The molecule has 1 atom stereocenters. The number of benzene rings is 1. The maximum Gasteiger partial charge on any atom is 0.243 e. The Labute approximate surface area is 233 Å². The molecule has 0 bridgehead atoms. The number of aromatic nitrogens is 4. The first-order valence-electron chi connectivity index (χ1n) is 11.9. The lowest BCUT2D eigenvalue weighted by Crippen LogP contribution is -2.74. The third-order valence-electron chi connectivity index (χ3n) is 6.63. The van der Waals surface area contributed by atoms with E-state index in [0.29, 0.717) is 55.3 Å². The number of likely N-dealkylation sites (N-methyl/N-ethyl adjacent to an activating group) is 1. The number of fused-ring (bicyclic) bond motifs is 1. The van der Waals surface area contributed by atoms with Crippen molar-refractivity contribution < 1.29 is 14.3 Å². The highest BCUT2D eigenvalue weighted by atomic mass is 35.5. The lowest BCUT2D eigenvalue weighted by Gasteiger charge is -2.46. The number of methoxy groups -OCH3 is 1. The van der Waals surface area contributed by atoms with Crippen molar-refractivity contribution in [3.63, 3.8) is 0 Å². The zero-order valence-electron chi connectivity index (χ0n) is 21.2. The minimum absolute atomic E-state index is 0.253. The number of nitrogens with one attached hydrogen (secondary N) is 2. The van der Waals surface area contributed by atoms with Crippen molar-refractivity contribution in [2.45, 2.75) is 18.6 Å². The second-order valence-electron chi connectivity index (χ2n) is 9.20. The number of aromatic amines is 1. The Hall–Kier alpha value is -4.11. The van der Waals surface area contributed by atoms with Crippen LogP contribution in [-0.4, -0.2) is 58.9 Å². The topological polar surface area (TPSA) is 155 Å². The molecule has 3 aromatic heterocycles. The molecule has 4 aromatic rings. The van der Waals surface area contributed by atoms with Crippen LogP contribution in [0.5, 0.6) is 11.5 Å². The van der Waals surface area contributed by atoms with E-state index in [1.165, 1.54) is 19.4 Å². The Morgan fingerprint density at radius 2 is 1.95 bits per heavy atom. The van der Waals surface area contributed by atoms with Crippen molar-refractivity contribution in [2.75, 3.05) is 32.1 Å². The molecule has 0 spiro atoms. The van der Waals surface area contributed by atoms with E-state index in [1.807, 2.05) is 6.92 Å². The molecule has 39 heavy (non-hydrogen) atoms. The van der Waals surface area contributed by atoms with E-state index in [1.54, 1.807) is 36.4 Å². The lowest BCUT2D eigenvalue weighted by molar-refractivity contribution is -0.126. The standard InChI is InChI=1S/C26H24Cl2N8O3/c1-13(22-17(27)9-32-10-18(22)28)39-21-5-16-19(6-20(21)38-3)34-35-23(16)15-4-14(7-29)24(33-8-15)36-11-26(30,12-36)25(37)31-2/h4-6,8-10,13H,11-12,30H2,1-3H3,(H,31,37)(H,34,35)/t13-/m1/s1. The Bertz CT molecular complexity index is 1610. The van der Waals surface area contributed by atoms with Crippen LogP contribution in [0.2, 0.25) is 10.0 Å². The van der Waals surface area contributed by atoms with E-state index in [4.69, 9.17) is 38.4 Å². The van der Waals surface area contributed by atoms with Crippen LogP contribution >= 0.6 is 23.2 Å². The largest absolute Gasteiger partial charge is 0.493 e. The highest BCUT2D eigenvalue weighted by Crippen LogP contribution is 2.40. The number of hydrogen-bond acceptors (Lipinski definition) is 9. The quantitative estimate of drug-likeness (QED) is 0.304. The molecule has 0 aliphatic carbocycles. The number of halogens is 2. The number of nitriles is 1. The van der Waals surface area contributed by atoms with Crippen molar-refractivity contribution in [1.82, 2.24) is 25.5 Å². The summed E-state index contributed by atoms with van der Waals surface area (Å²) in [7, 11) is 3.08. The van der Waals surface area contributed by atoms with Gasteiger partial charge in [0.15, 0.2) is 11.5 Å². The van der Waals surface area contributed by atoms with E-state index in [0.717, 1.165) is 5.39 Å². The summed E-state index contributed by atoms with van der Waals surface area (Å²) in [6.45, 7) is 2.33. The van der Waals surface area contributed by atoms with Gasteiger partial charge in [-0.15, -0.1) is 0 Å². The summed E-state index contributed by atoms with van der Waals surface area (Å²) >= 11 is 12.7. The van der Waals surface area contributed by atoms with E-state index < -0.39 is 11.6 Å². The normalized spacial score (nSPS) is 14.8. The van der Waals surface area contributed by atoms with Crippen LogP contribution < -0.4 is 25.4 Å². The predicted octanol–water partition coefficient (Wildman–Crippen LogP) is 3.61. The number of H-pyrrole nitrogens is 1. The van der Waals surface area contributed by atoms with Crippen LogP contribution in [0, 0.1) is 11.3 Å². The molecular formula is C26H24Cl2N8O3. The number of carbonyl (C=O) groups excluding carboxylic acids is 1. The molecule has 200 valence electrons. The third kappa shape index (κ3) is 4.67. The molecular weight excluding hydrogens is 543 g/mol. The lowest BCUT2D eigenvalue weighted by atomic mass is 9.89. The molecule has 1 fully saturated rings. The molecule has 0 unspecified atom stereocenters. The van der Waals surface area contributed by atoms with Gasteiger partial charge in [-0.05, 0) is 19.1 Å². The number of amides is 1. The maximum atomic E-state index is 12.0. The van der Waals surface area contributed by atoms with Gasteiger partial charge >= 0.3 is 0 Å². The smallest absolute Gasteiger partial charge is 0.243 e. The first-order valence-corrected chi connectivity index (χ1v) is 12.6. The van der Waals surface area contributed by atoms with Crippen molar-refractivity contribution in [1.29, 1.82) is 5.26 Å². The minimum atomic E-state index is -1.02. The van der Waals surface area contributed by atoms with Gasteiger partial charge in [0.1, 0.15) is 29.2 Å². The minimum Gasteiger partial charge on any atom is -0.493 e. The average molecular weight is 567 g/mol. The molecule has 1 aromatic carbocycles. The molecule has 1 aliphatic heterocycles. The number of rotatable bonds is 7. The highest BCUT2D eigenvalue weighted by molar-refractivity contribution is 6.35. The fourth-order valence-electron chi connectivity index (χ4n) is 4.65. The number of pyridine rings is 2. The SMILES string of the molecule is CNC(=O)C1(N)CN(c2ncc(-c3n[nH]c4cc(OC)c(O[C@H](C)c5c(Cl)cncc5Cl)cc34)cc2C#N)C1. The summed E-state index contributed by atoms with van der Waals surface area (Å²) in [4.78, 5) is 22.4. The zero-order chi connectivity index (χ0) is 27.9. The van der Waals surface area contributed by atoms with E-state index >= 15 is 0 Å². The number of anilines is 1. The van der Waals surface area contributed by atoms with Crippen LogP contribution in [0.3, 0.4) is 0 Å². The highest BCUT2D eigenvalue weighted by Gasteiger charge is 2.46. The monoisotopic (exact) mass is 566 g/mol. The second-order valence-corrected chi connectivity index (χ2v) is 10.0. The van der Waals surface area contributed by atoms with Gasteiger partial charge in [-0.3, -0.25) is 14.9 Å². The molecule has 1 amide bonds. The molecule has 5 rings (SSSR count). The summed E-state index contributed by atoms with van der Waals surface area (Å²) in [5.74, 6) is 1.13. The van der Waals surface area contributed by atoms with Crippen LogP contribution in [0.15, 0.2) is 36.8 Å². The fraction of sp³-hybridized carbons (Fsp3) is 0.269. The van der Waals surface area contributed by atoms with Crippen LogP contribution in [0.4, 0.5) is 5.82 Å². The van der Waals surface area contributed by atoms with Gasteiger partial charge in [0.05, 0.1) is 28.2 Å². The van der Waals surface area contributed by atoms with Crippen LogP contribution in [0.25, 0.3) is 22.2 Å². The predicted molar refractivity (Wildman–Crippen MR) is 147 cm³/mol. The number of nitrogens with zero attached hydrogens (tertiary/aromatic N) is 5. The van der Waals surface area contributed by atoms with Gasteiger partial charge < -0.3 is 25.4 Å². The van der Waals surface area contributed by atoms with Crippen molar-refractivity contribution in [3.05, 3.63) is 58.0 Å². The van der Waals surface area contributed by atoms with Gasteiger partial charge in [-0.25, -0.2) is 4.98 Å². The summed E-state index contributed by atoms with van der Waals surface area (Å²) in [5, 5.41) is 21.4. The Kier molecular flexibility index (Phi) is 6.94. The zero-order valence-corrected chi connectivity index (χ0v) is 22.8. The van der Waals surface area contributed by atoms with E-state index in [9.17, 15) is 10.1 Å². The van der Waals surface area contributed by atoms with Crippen molar-refractivity contribution in [3.8, 4) is 28.8 Å². The molecule has 0 saturated carbocycles. The van der Waals surface area contributed by atoms with E-state index in [-0.39, 0.29) is 19.0 Å². The van der Waals surface area contributed by atoms with Crippen molar-refractivity contribution in [2.24, 2.45) is 5.73 Å². The molecule has 4 heterocycles. The van der Waals surface area contributed by atoms with Crippen LogP contribution in [0.1, 0.15) is 24.2 Å². The third-order valence-corrected chi connectivity index (χ3v) is 7.24. The van der Waals surface area contributed by atoms with Gasteiger partial charge in [0.25, 0.3) is 0 Å². The summed E-state index contributed by atoms with van der Waals surface area (Å²) in [6, 6.07) is 7.47. The summed E-state index contributed by atoms with van der Waals surface area (Å²) in [6.07, 6.45) is 4.13. The maximum absolute atomic E-state index is 12.0. The average Bonchev–Trinajstić information content (AvgIpc) is 3.32. The molecule has 4 N–H and O–H groups in total. The summed E-state index contributed by atoms with van der Waals surface area (Å²) in [5.41, 5.74) is 7.97. The van der Waals surface area contributed by atoms with E-state index in [2.05, 4.69) is 31.6 Å². The molecule has 1 saturated heterocycles. The molecule has 13 heteroatoms. The molecule has 11 nitrogen and oxygen atoms in total. The van der Waals surface area contributed by atoms with Crippen molar-refractivity contribution >= 4 is 45.8 Å². The second kappa shape index (κ2) is 10.2. The Morgan fingerprint density at radius 1 is 1.23 bits per heavy atom.